The summed E-state index contributed by atoms with van der Waals surface area (Å²) in [5.41, 5.74) is 3.37. The third kappa shape index (κ3) is 2.72. The van der Waals surface area contributed by atoms with Crippen LogP contribution in [0.2, 0.25) is 0 Å². The fraction of sp³-hybridized carbons (Fsp3) is 0.250. The number of piperazine rings is 1. The van der Waals surface area contributed by atoms with E-state index in [2.05, 4.69) is 14.3 Å². The van der Waals surface area contributed by atoms with Gasteiger partial charge in [-0.15, -0.1) is 4.40 Å². The topological polar surface area (TPSA) is 78.8 Å². The van der Waals surface area contributed by atoms with Crippen molar-refractivity contribution in [3.05, 3.63) is 59.8 Å². The zero-order valence-corrected chi connectivity index (χ0v) is 16.2. The molecule has 0 spiro atoms. The van der Waals surface area contributed by atoms with Crippen molar-refractivity contribution in [3.8, 4) is 0 Å². The standard InChI is InChI=1S/C20H19N5O2S/c1-14-19(22-17-8-4-3-7-16(17)21-14)24-10-12-25(13-11-24)20-15-6-2-5-9-18(15)28(26,27)23-20/h2-9H,10-13H2,1H3. The van der Waals surface area contributed by atoms with Gasteiger partial charge in [0, 0.05) is 31.7 Å². The molecule has 0 amide bonds. The van der Waals surface area contributed by atoms with Gasteiger partial charge >= 0.3 is 0 Å². The van der Waals surface area contributed by atoms with Crippen molar-refractivity contribution in [2.24, 2.45) is 4.40 Å². The highest BCUT2D eigenvalue weighted by atomic mass is 32.2. The van der Waals surface area contributed by atoms with Gasteiger partial charge in [-0.1, -0.05) is 24.3 Å². The van der Waals surface area contributed by atoms with Crippen molar-refractivity contribution in [3.63, 3.8) is 0 Å². The smallest absolute Gasteiger partial charge is 0.285 e. The van der Waals surface area contributed by atoms with Gasteiger partial charge < -0.3 is 9.80 Å². The van der Waals surface area contributed by atoms with Crippen LogP contribution in [0.3, 0.4) is 0 Å². The number of fused-ring (bicyclic) bond motifs is 2. The predicted molar refractivity (Wildman–Crippen MR) is 108 cm³/mol. The lowest BCUT2D eigenvalue weighted by Crippen LogP contribution is -2.49. The van der Waals surface area contributed by atoms with E-state index in [1.807, 2.05) is 48.2 Å². The predicted octanol–water partition coefficient (Wildman–Crippen LogP) is 2.21. The second-order valence-corrected chi connectivity index (χ2v) is 8.55. The van der Waals surface area contributed by atoms with Crippen molar-refractivity contribution < 1.29 is 8.42 Å². The van der Waals surface area contributed by atoms with Gasteiger partial charge in [0.2, 0.25) is 0 Å². The Balaban J connectivity index is 1.40. The Bertz CT molecular complexity index is 1210. The van der Waals surface area contributed by atoms with E-state index in [0.717, 1.165) is 35.6 Å². The molecule has 0 atom stereocenters. The summed E-state index contributed by atoms with van der Waals surface area (Å²) in [5.74, 6) is 1.44. The minimum Gasteiger partial charge on any atom is -0.352 e. The molecule has 0 saturated carbocycles. The molecule has 2 aliphatic rings. The Morgan fingerprint density at radius 1 is 0.821 bits per heavy atom. The lowest BCUT2D eigenvalue weighted by molar-refractivity contribution is 0.385. The monoisotopic (exact) mass is 393 g/mol. The molecular weight excluding hydrogens is 374 g/mol. The van der Waals surface area contributed by atoms with Crippen LogP contribution in [0, 0.1) is 6.92 Å². The zero-order valence-electron chi connectivity index (χ0n) is 15.4. The molecule has 3 aromatic rings. The molecule has 142 valence electrons. The van der Waals surface area contributed by atoms with Crippen LogP contribution in [0.5, 0.6) is 0 Å². The normalized spacial score (nSPS) is 18.2. The van der Waals surface area contributed by atoms with Crippen LogP contribution in [0.25, 0.3) is 11.0 Å². The molecule has 2 aromatic carbocycles. The van der Waals surface area contributed by atoms with Gasteiger partial charge in [0.05, 0.1) is 16.7 Å². The number of anilines is 1. The minimum absolute atomic E-state index is 0.295. The average molecular weight is 393 g/mol. The lowest BCUT2D eigenvalue weighted by Gasteiger charge is -2.36. The van der Waals surface area contributed by atoms with Gasteiger partial charge in [0.15, 0.2) is 11.7 Å². The maximum Gasteiger partial charge on any atom is 0.285 e. The first-order chi connectivity index (χ1) is 13.5. The van der Waals surface area contributed by atoms with Crippen LogP contribution in [0.1, 0.15) is 11.3 Å². The molecule has 3 heterocycles. The van der Waals surface area contributed by atoms with Gasteiger partial charge in [-0.3, -0.25) is 0 Å². The van der Waals surface area contributed by atoms with Crippen LogP contribution in [-0.4, -0.2) is 55.3 Å². The van der Waals surface area contributed by atoms with Crippen LogP contribution < -0.4 is 4.90 Å². The number of para-hydroxylation sites is 2. The van der Waals surface area contributed by atoms with Crippen molar-refractivity contribution >= 4 is 32.7 Å². The second kappa shape index (κ2) is 6.27. The van der Waals surface area contributed by atoms with E-state index in [9.17, 15) is 8.42 Å². The molecule has 7 nitrogen and oxygen atoms in total. The molecule has 0 aliphatic carbocycles. The summed E-state index contributed by atoms with van der Waals surface area (Å²) in [6, 6.07) is 14.9. The molecule has 0 bridgehead atoms. The summed E-state index contributed by atoms with van der Waals surface area (Å²) in [6.45, 7) is 4.79. The number of aromatic nitrogens is 2. The van der Waals surface area contributed by atoms with Gasteiger partial charge in [0.25, 0.3) is 10.0 Å². The average Bonchev–Trinajstić information content (AvgIpc) is 2.99. The SMILES string of the molecule is Cc1nc2ccccc2nc1N1CCN(C2=NS(=O)(=O)c3ccccc32)CC1. The second-order valence-electron chi connectivity index (χ2n) is 6.98. The van der Waals surface area contributed by atoms with E-state index in [1.165, 1.54) is 0 Å². The highest BCUT2D eigenvalue weighted by Gasteiger charge is 2.33. The molecule has 28 heavy (non-hydrogen) atoms. The number of hydrogen-bond donors (Lipinski definition) is 0. The highest BCUT2D eigenvalue weighted by molar-refractivity contribution is 7.90. The molecule has 0 N–H and O–H groups in total. The Morgan fingerprint density at radius 2 is 1.43 bits per heavy atom. The first-order valence-corrected chi connectivity index (χ1v) is 10.6. The highest BCUT2D eigenvalue weighted by Crippen LogP contribution is 2.28. The fourth-order valence-corrected chi connectivity index (χ4v) is 5.05. The van der Waals surface area contributed by atoms with Crippen molar-refractivity contribution in [2.75, 3.05) is 31.1 Å². The number of rotatable bonds is 1. The first-order valence-electron chi connectivity index (χ1n) is 9.20. The Morgan fingerprint density at radius 3 is 2.18 bits per heavy atom. The number of nitrogens with zero attached hydrogens (tertiary/aromatic N) is 5. The molecule has 5 rings (SSSR count). The largest absolute Gasteiger partial charge is 0.352 e. The van der Waals surface area contributed by atoms with E-state index < -0.39 is 10.0 Å². The molecule has 8 heteroatoms. The van der Waals surface area contributed by atoms with Crippen molar-refractivity contribution in [2.45, 2.75) is 11.8 Å². The molecule has 0 unspecified atom stereocenters. The van der Waals surface area contributed by atoms with Crippen LogP contribution in [-0.2, 0) is 10.0 Å². The fourth-order valence-electron chi connectivity index (χ4n) is 3.83. The molecule has 2 aliphatic heterocycles. The van der Waals surface area contributed by atoms with Crippen molar-refractivity contribution in [1.82, 2.24) is 14.9 Å². The summed E-state index contributed by atoms with van der Waals surface area (Å²) in [6.07, 6.45) is 0. The Hall–Kier alpha value is -3.00. The lowest BCUT2D eigenvalue weighted by atomic mass is 10.1. The molecule has 0 radical (unpaired) electrons. The molecule has 1 fully saturated rings. The molecular formula is C20H19N5O2S. The third-order valence-corrected chi connectivity index (χ3v) is 6.54. The molecule has 1 aromatic heterocycles. The van der Waals surface area contributed by atoms with Crippen molar-refractivity contribution in [1.29, 1.82) is 0 Å². The summed E-state index contributed by atoms with van der Waals surface area (Å²) in [7, 11) is -3.59. The number of hydrogen-bond acceptors (Lipinski definition) is 6. The summed E-state index contributed by atoms with van der Waals surface area (Å²) in [5, 5.41) is 0. The van der Waals surface area contributed by atoms with Gasteiger partial charge in [-0.05, 0) is 31.2 Å². The Labute approximate surface area is 163 Å². The summed E-state index contributed by atoms with van der Waals surface area (Å²) in [4.78, 5) is 14.0. The van der Waals surface area contributed by atoms with Crippen LogP contribution in [0.4, 0.5) is 5.82 Å². The number of aryl methyl sites for hydroxylation is 1. The number of benzene rings is 2. The van der Waals surface area contributed by atoms with E-state index in [0.29, 0.717) is 29.4 Å². The summed E-state index contributed by atoms with van der Waals surface area (Å²) < 4.78 is 28.7. The third-order valence-electron chi connectivity index (χ3n) is 5.21. The minimum atomic E-state index is -3.59. The van der Waals surface area contributed by atoms with E-state index >= 15 is 0 Å². The number of amidine groups is 1. The van der Waals surface area contributed by atoms with E-state index in [1.54, 1.807) is 12.1 Å². The first kappa shape index (κ1) is 17.1. The number of sulfonamides is 1. The van der Waals surface area contributed by atoms with E-state index in [-0.39, 0.29) is 0 Å². The van der Waals surface area contributed by atoms with Crippen LogP contribution in [0.15, 0.2) is 57.8 Å². The Kier molecular flexibility index (Phi) is 3.83. The van der Waals surface area contributed by atoms with Crippen LogP contribution >= 0.6 is 0 Å². The zero-order chi connectivity index (χ0) is 19.3. The maximum atomic E-state index is 12.3. The molecule has 1 saturated heterocycles. The van der Waals surface area contributed by atoms with E-state index in [4.69, 9.17) is 4.98 Å². The maximum absolute atomic E-state index is 12.3. The van der Waals surface area contributed by atoms with Gasteiger partial charge in [-0.2, -0.15) is 8.42 Å². The summed E-state index contributed by atoms with van der Waals surface area (Å²) >= 11 is 0. The quantitative estimate of drug-likeness (QED) is 0.631. The van der Waals surface area contributed by atoms with Gasteiger partial charge in [-0.25, -0.2) is 9.97 Å². The van der Waals surface area contributed by atoms with Gasteiger partial charge in [0.1, 0.15) is 4.90 Å².